The minimum absolute atomic E-state index is 0.259. The van der Waals surface area contributed by atoms with Crippen LogP contribution in [0.4, 0.5) is 0 Å². The first kappa shape index (κ1) is 6.56. The average Bonchev–Trinajstić information content (AvgIpc) is 2.50. The topological polar surface area (TPSA) is 12.5 Å². The summed E-state index contributed by atoms with van der Waals surface area (Å²) in [5.74, 6) is 0. The van der Waals surface area contributed by atoms with Gasteiger partial charge in [0.1, 0.15) is 5.60 Å². The smallest absolute Gasteiger partial charge is 0.101 e. The summed E-state index contributed by atoms with van der Waals surface area (Å²) in [5, 5.41) is 1.01. The van der Waals surface area contributed by atoms with Crippen LogP contribution in [0.1, 0.15) is 19.8 Å². The Hall–Kier alpha value is 0.440. The Balaban J connectivity index is 2.20. The van der Waals surface area contributed by atoms with Gasteiger partial charge in [-0.3, -0.25) is 0 Å². The fourth-order valence-corrected chi connectivity index (χ4v) is 1.45. The minimum Gasteiger partial charge on any atom is -0.369 e. The quantitative estimate of drug-likeness (QED) is 0.476. The van der Waals surface area contributed by atoms with E-state index in [0.29, 0.717) is 0 Å². The van der Waals surface area contributed by atoms with E-state index in [-0.39, 0.29) is 5.60 Å². The molecule has 0 saturated carbocycles. The molecule has 2 heteroatoms. The molecule has 48 valence electrons. The summed E-state index contributed by atoms with van der Waals surface area (Å²) >= 11 is 3.41. The lowest BCUT2D eigenvalue weighted by Crippen LogP contribution is -2.11. The summed E-state index contributed by atoms with van der Waals surface area (Å²) in [5.41, 5.74) is 0.259. The molecular formula is C6H11BrO. The third kappa shape index (κ3) is 1.23. The van der Waals surface area contributed by atoms with E-state index >= 15 is 0 Å². The monoisotopic (exact) mass is 178 g/mol. The molecule has 0 amide bonds. The molecule has 1 saturated heterocycles. The van der Waals surface area contributed by atoms with Crippen LogP contribution < -0.4 is 0 Å². The van der Waals surface area contributed by atoms with Gasteiger partial charge in [0.25, 0.3) is 0 Å². The van der Waals surface area contributed by atoms with E-state index in [1.54, 1.807) is 0 Å². The van der Waals surface area contributed by atoms with Gasteiger partial charge in [-0.1, -0.05) is 29.3 Å². The fraction of sp³-hybridized carbons (Fsp3) is 1.00. The van der Waals surface area contributed by atoms with Gasteiger partial charge in [0, 0.05) is 5.33 Å². The zero-order valence-electron chi connectivity index (χ0n) is 5.11. The number of alkyl halides is 1. The molecule has 0 spiro atoms. The van der Waals surface area contributed by atoms with E-state index in [2.05, 4.69) is 22.9 Å². The predicted molar refractivity (Wildman–Crippen MR) is 37.4 cm³/mol. The first-order chi connectivity index (χ1) is 3.83. The first-order valence-corrected chi connectivity index (χ1v) is 4.15. The van der Waals surface area contributed by atoms with Crippen LogP contribution in [-0.4, -0.2) is 17.5 Å². The van der Waals surface area contributed by atoms with Crippen LogP contribution in [0.5, 0.6) is 0 Å². The Kier molecular flexibility index (Phi) is 1.93. The van der Waals surface area contributed by atoms with Crippen molar-refractivity contribution in [3.8, 4) is 0 Å². The van der Waals surface area contributed by atoms with Crippen LogP contribution in [0.2, 0.25) is 0 Å². The van der Waals surface area contributed by atoms with Crippen molar-refractivity contribution >= 4 is 15.9 Å². The summed E-state index contributed by atoms with van der Waals surface area (Å²) in [6.07, 6.45) is 2.43. The molecule has 1 atom stereocenters. The maximum atomic E-state index is 5.24. The summed E-state index contributed by atoms with van der Waals surface area (Å²) in [6.45, 7) is 3.15. The van der Waals surface area contributed by atoms with Crippen LogP contribution in [-0.2, 0) is 4.74 Å². The van der Waals surface area contributed by atoms with E-state index in [1.807, 2.05) is 0 Å². The molecule has 1 aliphatic heterocycles. The number of hydrogen-bond acceptors (Lipinski definition) is 1. The maximum Gasteiger partial charge on any atom is 0.101 e. The van der Waals surface area contributed by atoms with Crippen molar-refractivity contribution < 1.29 is 4.74 Å². The molecule has 1 rings (SSSR count). The number of rotatable bonds is 3. The average molecular weight is 179 g/mol. The highest BCUT2D eigenvalue weighted by Gasteiger charge is 2.42. The molecule has 0 aromatic carbocycles. The van der Waals surface area contributed by atoms with Crippen LogP contribution in [0.25, 0.3) is 0 Å². The summed E-state index contributed by atoms with van der Waals surface area (Å²) in [6, 6.07) is 0. The Labute approximate surface area is 58.5 Å². The standard InChI is InChI=1S/C6H11BrO/c1-2-3-6(4-7)5-8-6/h2-5H2,1H3. The molecule has 0 aromatic rings. The number of halogens is 1. The first-order valence-electron chi connectivity index (χ1n) is 3.03. The Morgan fingerprint density at radius 1 is 1.75 bits per heavy atom. The highest BCUT2D eigenvalue weighted by atomic mass is 79.9. The fourth-order valence-electron chi connectivity index (χ4n) is 0.846. The summed E-state index contributed by atoms with van der Waals surface area (Å²) in [4.78, 5) is 0. The van der Waals surface area contributed by atoms with E-state index < -0.39 is 0 Å². The van der Waals surface area contributed by atoms with Gasteiger partial charge < -0.3 is 4.74 Å². The highest BCUT2D eigenvalue weighted by Crippen LogP contribution is 2.33. The van der Waals surface area contributed by atoms with Gasteiger partial charge in [-0.05, 0) is 6.42 Å². The van der Waals surface area contributed by atoms with Gasteiger partial charge in [0.2, 0.25) is 0 Å². The zero-order valence-corrected chi connectivity index (χ0v) is 6.70. The SMILES string of the molecule is CCCC1(CBr)CO1. The van der Waals surface area contributed by atoms with Gasteiger partial charge in [-0.2, -0.15) is 0 Å². The second-order valence-electron chi connectivity index (χ2n) is 2.36. The third-order valence-electron chi connectivity index (χ3n) is 1.50. The molecule has 0 radical (unpaired) electrons. The van der Waals surface area contributed by atoms with Crippen LogP contribution in [0, 0.1) is 0 Å². The number of hydrogen-bond donors (Lipinski definition) is 0. The lowest BCUT2D eigenvalue weighted by molar-refractivity contribution is 0.313. The number of ether oxygens (including phenoxy) is 1. The lowest BCUT2D eigenvalue weighted by Gasteiger charge is -2.02. The van der Waals surface area contributed by atoms with Gasteiger partial charge >= 0.3 is 0 Å². The Morgan fingerprint density at radius 2 is 2.38 bits per heavy atom. The van der Waals surface area contributed by atoms with Crippen molar-refractivity contribution in [2.45, 2.75) is 25.4 Å². The van der Waals surface area contributed by atoms with Crippen LogP contribution in [0.3, 0.4) is 0 Å². The molecule has 1 unspecified atom stereocenters. The van der Waals surface area contributed by atoms with Gasteiger partial charge in [-0.25, -0.2) is 0 Å². The zero-order chi connectivity index (χ0) is 6.04. The third-order valence-corrected chi connectivity index (χ3v) is 2.52. The maximum absolute atomic E-state index is 5.24. The van der Waals surface area contributed by atoms with Crippen molar-refractivity contribution in [2.75, 3.05) is 11.9 Å². The molecule has 1 aliphatic rings. The van der Waals surface area contributed by atoms with Crippen molar-refractivity contribution in [3.63, 3.8) is 0 Å². The van der Waals surface area contributed by atoms with E-state index in [0.717, 1.165) is 11.9 Å². The lowest BCUT2D eigenvalue weighted by atomic mass is 10.1. The second-order valence-corrected chi connectivity index (χ2v) is 2.92. The van der Waals surface area contributed by atoms with E-state index in [9.17, 15) is 0 Å². The predicted octanol–water partition coefficient (Wildman–Crippen LogP) is 1.95. The summed E-state index contributed by atoms with van der Waals surface area (Å²) < 4.78 is 5.24. The molecular weight excluding hydrogens is 168 g/mol. The highest BCUT2D eigenvalue weighted by molar-refractivity contribution is 9.09. The second kappa shape index (κ2) is 2.36. The molecule has 8 heavy (non-hydrogen) atoms. The van der Waals surface area contributed by atoms with Gasteiger partial charge in [0.05, 0.1) is 6.61 Å². The molecule has 1 heterocycles. The largest absolute Gasteiger partial charge is 0.369 e. The normalized spacial score (nSPS) is 35.2. The van der Waals surface area contributed by atoms with E-state index in [1.165, 1.54) is 12.8 Å². The Morgan fingerprint density at radius 3 is 2.50 bits per heavy atom. The summed E-state index contributed by atoms with van der Waals surface area (Å²) in [7, 11) is 0. The van der Waals surface area contributed by atoms with Crippen molar-refractivity contribution in [1.82, 2.24) is 0 Å². The van der Waals surface area contributed by atoms with Gasteiger partial charge in [-0.15, -0.1) is 0 Å². The van der Waals surface area contributed by atoms with Crippen molar-refractivity contribution in [2.24, 2.45) is 0 Å². The van der Waals surface area contributed by atoms with Crippen LogP contribution >= 0.6 is 15.9 Å². The minimum atomic E-state index is 0.259. The molecule has 0 bridgehead atoms. The van der Waals surface area contributed by atoms with Crippen molar-refractivity contribution in [3.05, 3.63) is 0 Å². The molecule has 0 aromatic heterocycles. The molecule has 0 N–H and O–H groups in total. The molecule has 1 nitrogen and oxygen atoms in total. The van der Waals surface area contributed by atoms with Gasteiger partial charge in [0.15, 0.2) is 0 Å². The van der Waals surface area contributed by atoms with Crippen LogP contribution in [0.15, 0.2) is 0 Å². The Bertz CT molecular complexity index is 78.6. The molecule has 0 aliphatic carbocycles. The molecule has 1 fully saturated rings. The number of epoxide rings is 1. The van der Waals surface area contributed by atoms with Crippen molar-refractivity contribution in [1.29, 1.82) is 0 Å². The van der Waals surface area contributed by atoms with E-state index in [4.69, 9.17) is 4.74 Å².